The van der Waals surface area contributed by atoms with Crippen LogP contribution in [-0.2, 0) is 0 Å². The van der Waals surface area contributed by atoms with Crippen LogP contribution in [0, 0.1) is 0 Å². The lowest BCUT2D eigenvalue weighted by molar-refractivity contribution is 0.398. The van der Waals surface area contributed by atoms with Gasteiger partial charge in [0.15, 0.2) is 0 Å². The maximum atomic E-state index is 9.79. The Morgan fingerprint density at radius 1 is 1.35 bits per heavy atom. The lowest BCUT2D eigenvalue weighted by atomic mass is 10.0. The summed E-state index contributed by atoms with van der Waals surface area (Å²) in [5, 5.41) is 23.0. The van der Waals surface area contributed by atoms with Crippen LogP contribution in [0.1, 0.15) is 31.4 Å². The van der Waals surface area contributed by atoms with Crippen LogP contribution in [-0.4, -0.2) is 27.8 Å². The number of aromatic hydroxyl groups is 2. The lowest BCUT2D eigenvalue weighted by Crippen LogP contribution is -2.35. The molecule has 1 aromatic carbocycles. The van der Waals surface area contributed by atoms with Crippen LogP contribution in [0.3, 0.4) is 0 Å². The van der Waals surface area contributed by atoms with Crippen molar-refractivity contribution in [3.8, 4) is 11.5 Å². The maximum absolute atomic E-state index is 9.79. The van der Waals surface area contributed by atoms with Crippen LogP contribution >= 0.6 is 11.8 Å². The van der Waals surface area contributed by atoms with E-state index in [-0.39, 0.29) is 17.5 Å². The fraction of sp³-hybridized carbons (Fsp3) is 0.538. The Morgan fingerprint density at radius 2 is 2.06 bits per heavy atom. The van der Waals surface area contributed by atoms with E-state index in [4.69, 9.17) is 0 Å². The number of thioether (sulfide) groups is 1. The van der Waals surface area contributed by atoms with E-state index in [1.807, 2.05) is 18.7 Å². The van der Waals surface area contributed by atoms with Gasteiger partial charge >= 0.3 is 0 Å². The molecule has 2 atom stereocenters. The second-order valence-electron chi connectivity index (χ2n) is 4.51. The second-order valence-corrected chi connectivity index (χ2v) is 5.66. The Hall–Kier alpha value is -0.870. The highest BCUT2D eigenvalue weighted by Crippen LogP contribution is 2.33. The highest BCUT2D eigenvalue weighted by molar-refractivity contribution is 7.99. The summed E-state index contributed by atoms with van der Waals surface area (Å²) in [6, 6.07) is 5.32. The molecule has 1 fully saturated rings. The quantitative estimate of drug-likeness (QED) is 0.775. The molecule has 1 heterocycles. The molecule has 0 bridgehead atoms. The first kappa shape index (κ1) is 12.6. The molecule has 1 aliphatic heterocycles. The molecule has 1 aliphatic rings. The fourth-order valence-corrected chi connectivity index (χ4v) is 3.38. The molecule has 0 aromatic heterocycles. The lowest BCUT2D eigenvalue weighted by Gasteiger charge is -2.27. The highest BCUT2D eigenvalue weighted by Gasteiger charge is 2.20. The van der Waals surface area contributed by atoms with Crippen molar-refractivity contribution < 1.29 is 10.2 Å². The minimum Gasteiger partial charge on any atom is -0.507 e. The predicted octanol–water partition coefficient (Wildman–Crippen LogP) is 2.64. The van der Waals surface area contributed by atoms with Crippen LogP contribution in [0.5, 0.6) is 11.5 Å². The van der Waals surface area contributed by atoms with Gasteiger partial charge in [0, 0.05) is 17.8 Å². The van der Waals surface area contributed by atoms with Crippen molar-refractivity contribution in [2.45, 2.75) is 31.8 Å². The zero-order chi connectivity index (χ0) is 12.3. The first-order valence-electron chi connectivity index (χ1n) is 6.03. The van der Waals surface area contributed by atoms with Crippen LogP contribution in [0.4, 0.5) is 0 Å². The van der Waals surface area contributed by atoms with Gasteiger partial charge in [-0.05, 0) is 37.7 Å². The largest absolute Gasteiger partial charge is 0.507 e. The molecule has 2 unspecified atom stereocenters. The number of phenols is 2. The third kappa shape index (κ3) is 3.07. The van der Waals surface area contributed by atoms with Crippen molar-refractivity contribution in [3.05, 3.63) is 23.8 Å². The first-order chi connectivity index (χ1) is 8.18. The summed E-state index contributed by atoms with van der Waals surface area (Å²) in [6.45, 7) is 1.98. The van der Waals surface area contributed by atoms with E-state index in [9.17, 15) is 10.2 Å². The topological polar surface area (TPSA) is 52.5 Å². The van der Waals surface area contributed by atoms with Gasteiger partial charge in [0.05, 0.1) is 5.56 Å². The Bertz CT molecular complexity index is 357. The molecule has 1 aromatic rings. The minimum atomic E-state index is -0.0279. The molecule has 17 heavy (non-hydrogen) atoms. The number of rotatable bonds is 3. The average molecular weight is 253 g/mol. The summed E-state index contributed by atoms with van der Waals surface area (Å²) in [4.78, 5) is 0. The summed E-state index contributed by atoms with van der Waals surface area (Å²) in [5.41, 5.74) is 0.600. The molecule has 94 valence electrons. The standard InChI is InChI=1S/C13H19NO2S/c1-9(14-10-4-3-7-17-8-10)13-11(15)5-2-6-12(13)16/h2,5-6,9-10,14-16H,3-4,7-8H2,1H3. The molecule has 2 rings (SSSR count). The van der Waals surface area contributed by atoms with Gasteiger partial charge in [-0.1, -0.05) is 6.07 Å². The normalized spacial score (nSPS) is 22.3. The molecule has 0 spiro atoms. The van der Waals surface area contributed by atoms with E-state index >= 15 is 0 Å². The van der Waals surface area contributed by atoms with E-state index in [2.05, 4.69) is 5.32 Å². The molecule has 0 amide bonds. The molecule has 1 saturated heterocycles. The monoisotopic (exact) mass is 253 g/mol. The summed E-state index contributed by atoms with van der Waals surface area (Å²) in [7, 11) is 0. The predicted molar refractivity (Wildman–Crippen MR) is 71.7 cm³/mol. The van der Waals surface area contributed by atoms with Crippen molar-refractivity contribution in [2.24, 2.45) is 0 Å². The second kappa shape index (κ2) is 5.65. The van der Waals surface area contributed by atoms with Gasteiger partial charge in [0.1, 0.15) is 11.5 Å². The van der Waals surface area contributed by atoms with Gasteiger partial charge in [-0.25, -0.2) is 0 Å². The molecule has 0 aliphatic carbocycles. The SMILES string of the molecule is CC(NC1CCCSC1)c1c(O)cccc1O. The van der Waals surface area contributed by atoms with E-state index in [1.54, 1.807) is 18.2 Å². The Labute approximate surface area is 106 Å². The zero-order valence-electron chi connectivity index (χ0n) is 10.0. The fourth-order valence-electron chi connectivity index (χ4n) is 2.29. The average Bonchev–Trinajstić information content (AvgIpc) is 2.30. The van der Waals surface area contributed by atoms with Gasteiger partial charge in [-0.3, -0.25) is 0 Å². The molecule has 3 N–H and O–H groups in total. The van der Waals surface area contributed by atoms with Gasteiger partial charge in [-0.15, -0.1) is 0 Å². The minimum absolute atomic E-state index is 0.0279. The Balaban J connectivity index is 2.05. The van der Waals surface area contributed by atoms with Crippen molar-refractivity contribution in [1.29, 1.82) is 0 Å². The summed E-state index contributed by atoms with van der Waals surface area (Å²) in [6.07, 6.45) is 2.41. The van der Waals surface area contributed by atoms with Crippen LogP contribution in [0.25, 0.3) is 0 Å². The number of benzene rings is 1. The van der Waals surface area contributed by atoms with Gasteiger partial charge in [0.25, 0.3) is 0 Å². The number of nitrogens with one attached hydrogen (secondary N) is 1. The summed E-state index contributed by atoms with van der Waals surface area (Å²) < 4.78 is 0. The summed E-state index contributed by atoms with van der Waals surface area (Å²) >= 11 is 1.96. The molecule has 0 saturated carbocycles. The highest BCUT2D eigenvalue weighted by atomic mass is 32.2. The zero-order valence-corrected chi connectivity index (χ0v) is 10.8. The number of phenolic OH excluding ortho intramolecular Hbond substituents is 2. The van der Waals surface area contributed by atoms with Crippen molar-refractivity contribution >= 4 is 11.8 Å². The molecule has 3 nitrogen and oxygen atoms in total. The smallest absolute Gasteiger partial charge is 0.124 e. The van der Waals surface area contributed by atoms with E-state index < -0.39 is 0 Å². The third-order valence-electron chi connectivity index (χ3n) is 3.14. The number of hydrogen-bond acceptors (Lipinski definition) is 4. The summed E-state index contributed by atoms with van der Waals surface area (Å²) in [5.74, 6) is 2.68. The third-order valence-corrected chi connectivity index (χ3v) is 4.35. The van der Waals surface area contributed by atoms with Gasteiger partial charge in [-0.2, -0.15) is 11.8 Å². The van der Waals surface area contributed by atoms with Crippen molar-refractivity contribution in [1.82, 2.24) is 5.32 Å². The van der Waals surface area contributed by atoms with Crippen LogP contribution < -0.4 is 5.32 Å². The Morgan fingerprint density at radius 3 is 2.65 bits per heavy atom. The molecular weight excluding hydrogens is 234 g/mol. The van der Waals surface area contributed by atoms with Gasteiger partial charge in [0.2, 0.25) is 0 Å². The van der Waals surface area contributed by atoms with E-state index in [0.717, 1.165) is 5.75 Å². The maximum Gasteiger partial charge on any atom is 0.124 e. The molecular formula is C13H19NO2S. The molecule has 4 heteroatoms. The van der Waals surface area contributed by atoms with Crippen LogP contribution in [0.15, 0.2) is 18.2 Å². The Kier molecular flexibility index (Phi) is 4.18. The van der Waals surface area contributed by atoms with Crippen LogP contribution in [0.2, 0.25) is 0 Å². The van der Waals surface area contributed by atoms with E-state index in [1.165, 1.54) is 18.6 Å². The van der Waals surface area contributed by atoms with E-state index in [0.29, 0.717) is 11.6 Å². The molecule has 0 radical (unpaired) electrons. The van der Waals surface area contributed by atoms with Crippen molar-refractivity contribution in [2.75, 3.05) is 11.5 Å². The number of hydrogen-bond donors (Lipinski definition) is 3. The van der Waals surface area contributed by atoms with Gasteiger partial charge < -0.3 is 15.5 Å². The first-order valence-corrected chi connectivity index (χ1v) is 7.18. The van der Waals surface area contributed by atoms with Crippen molar-refractivity contribution in [3.63, 3.8) is 0 Å².